The van der Waals surface area contributed by atoms with Crippen LogP contribution in [0.5, 0.6) is 0 Å². The molecule has 76 valence electrons. The first-order chi connectivity index (χ1) is 6.58. The summed E-state index contributed by atoms with van der Waals surface area (Å²) in [6.07, 6.45) is 0.641. The number of carboxylic acid groups (broad SMARTS) is 1. The number of carboxylic acids is 1. The lowest BCUT2D eigenvalue weighted by molar-refractivity contribution is -0.137. The molecule has 0 saturated heterocycles. The molecule has 3 heteroatoms. The van der Waals surface area contributed by atoms with Gasteiger partial charge in [-0.25, -0.2) is 0 Å². The van der Waals surface area contributed by atoms with Gasteiger partial charge in [0, 0.05) is 6.04 Å². The minimum Gasteiger partial charge on any atom is -0.481 e. The highest BCUT2D eigenvalue weighted by Crippen LogP contribution is 2.07. The fraction of sp³-hybridized carbons (Fsp3) is 0.364. The summed E-state index contributed by atoms with van der Waals surface area (Å²) in [5.74, 6) is -0.842. The van der Waals surface area contributed by atoms with E-state index in [0.717, 1.165) is 5.56 Å². The van der Waals surface area contributed by atoms with Gasteiger partial charge in [0.2, 0.25) is 0 Å². The number of hydrogen-bond acceptors (Lipinski definition) is 2. The lowest BCUT2D eigenvalue weighted by Crippen LogP contribution is -2.26. The summed E-state index contributed by atoms with van der Waals surface area (Å²) in [6.45, 7) is 2.01. The third kappa shape index (κ3) is 3.58. The standard InChI is InChI=1S/C11H15NO2/c1-8-3-2-4-9(5-8)6-10(12)7-11(13)14/h2-5,10H,6-7,12H2,1H3,(H,13,14)/t10-/m0/s1. The second kappa shape index (κ2) is 4.77. The van der Waals surface area contributed by atoms with Gasteiger partial charge in [-0.3, -0.25) is 4.79 Å². The van der Waals surface area contributed by atoms with Crippen molar-refractivity contribution in [2.45, 2.75) is 25.8 Å². The second-order valence-corrected chi connectivity index (χ2v) is 3.55. The van der Waals surface area contributed by atoms with Crippen molar-refractivity contribution < 1.29 is 9.90 Å². The number of rotatable bonds is 4. The van der Waals surface area contributed by atoms with Gasteiger partial charge in [-0.1, -0.05) is 29.8 Å². The molecule has 0 fully saturated rings. The van der Waals surface area contributed by atoms with Crippen molar-refractivity contribution in [3.63, 3.8) is 0 Å². The Kier molecular flexibility index (Phi) is 3.65. The van der Waals surface area contributed by atoms with E-state index in [2.05, 4.69) is 0 Å². The van der Waals surface area contributed by atoms with Gasteiger partial charge in [0.25, 0.3) is 0 Å². The Bertz CT molecular complexity index is 323. The molecule has 1 atom stereocenters. The van der Waals surface area contributed by atoms with Crippen LogP contribution in [0.3, 0.4) is 0 Å². The van der Waals surface area contributed by atoms with Gasteiger partial charge >= 0.3 is 5.97 Å². The van der Waals surface area contributed by atoms with Gasteiger partial charge in [-0.2, -0.15) is 0 Å². The van der Waals surface area contributed by atoms with Crippen LogP contribution in [0, 0.1) is 6.92 Å². The maximum Gasteiger partial charge on any atom is 0.304 e. The van der Waals surface area contributed by atoms with Gasteiger partial charge < -0.3 is 10.8 Å². The molecule has 0 spiro atoms. The molecule has 0 heterocycles. The van der Waals surface area contributed by atoms with Crippen LogP contribution in [0.4, 0.5) is 0 Å². The molecule has 3 N–H and O–H groups in total. The molecule has 0 bridgehead atoms. The SMILES string of the molecule is Cc1cccc(C[C@H](N)CC(=O)O)c1. The fourth-order valence-electron chi connectivity index (χ4n) is 1.44. The number of aryl methyl sites for hydroxylation is 1. The van der Waals surface area contributed by atoms with Crippen LogP contribution in [0.15, 0.2) is 24.3 Å². The van der Waals surface area contributed by atoms with Crippen molar-refractivity contribution >= 4 is 5.97 Å². The van der Waals surface area contributed by atoms with Crippen molar-refractivity contribution in [1.29, 1.82) is 0 Å². The average Bonchev–Trinajstić information content (AvgIpc) is 2.01. The first-order valence-corrected chi connectivity index (χ1v) is 4.61. The zero-order valence-corrected chi connectivity index (χ0v) is 8.23. The minimum absolute atomic E-state index is 0.0218. The highest BCUT2D eigenvalue weighted by atomic mass is 16.4. The summed E-state index contributed by atoms with van der Waals surface area (Å²) in [5, 5.41) is 8.54. The van der Waals surface area contributed by atoms with E-state index in [1.807, 2.05) is 31.2 Å². The van der Waals surface area contributed by atoms with E-state index in [0.29, 0.717) is 6.42 Å². The molecule has 0 aliphatic rings. The molecule has 1 aromatic rings. The van der Waals surface area contributed by atoms with E-state index < -0.39 is 5.97 Å². The van der Waals surface area contributed by atoms with Crippen molar-refractivity contribution in [3.05, 3.63) is 35.4 Å². The number of aliphatic carboxylic acids is 1. The van der Waals surface area contributed by atoms with Crippen LogP contribution in [-0.4, -0.2) is 17.1 Å². The second-order valence-electron chi connectivity index (χ2n) is 3.55. The molecular formula is C11H15NO2. The topological polar surface area (TPSA) is 63.3 Å². The van der Waals surface area contributed by atoms with Crippen molar-refractivity contribution in [1.82, 2.24) is 0 Å². The Morgan fingerprint density at radius 2 is 2.29 bits per heavy atom. The summed E-state index contributed by atoms with van der Waals surface area (Å²) in [6, 6.07) is 7.66. The molecule has 1 rings (SSSR count). The summed E-state index contributed by atoms with van der Waals surface area (Å²) < 4.78 is 0. The number of nitrogens with two attached hydrogens (primary N) is 1. The van der Waals surface area contributed by atoms with Gasteiger partial charge in [0.05, 0.1) is 6.42 Å². The van der Waals surface area contributed by atoms with Gasteiger partial charge in [-0.15, -0.1) is 0 Å². The predicted molar refractivity (Wildman–Crippen MR) is 55.1 cm³/mol. The zero-order valence-electron chi connectivity index (χ0n) is 8.23. The molecule has 14 heavy (non-hydrogen) atoms. The molecule has 0 radical (unpaired) electrons. The molecule has 0 saturated carbocycles. The molecule has 0 unspecified atom stereocenters. The quantitative estimate of drug-likeness (QED) is 0.758. The van der Waals surface area contributed by atoms with E-state index in [1.54, 1.807) is 0 Å². The Labute approximate surface area is 83.6 Å². The molecule has 0 aliphatic carbocycles. The maximum absolute atomic E-state index is 10.4. The van der Waals surface area contributed by atoms with Crippen LogP contribution in [0.25, 0.3) is 0 Å². The predicted octanol–water partition coefficient (Wildman–Crippen LogP) is 1.34. The summed E-state index contributed by atoms with van der Waals surface area (Å²) in [4.78, 5) is 10.4. The zero-order chi connectivity index (χ0) is 10.6. The Morgan fingerprint density at radius 3 is 2.86 bits per heavy atom. The van der Waals surface area contributed by atoms with Crippen molar-refractivity contribution in [2.75, 3.05) is 0 Å². The average molecular weight is 193 g/mol. The lowest BCUT2D eigenvalue weighted by Gasteiger charge is -2.08. The van der Waals surface area contributed by atoms with Gasteiger partial charge in [-0.05, 0) is 18.9 Å². The van der Waals surface area contributed by atoms with Crippen LogP contribution < -0.4 is 5.73 Å². The number of carbonyl (C=O) groups is 1. The van der Waals surface area contributed by atoms with Crippen LogP contribution in [0.1, 0.15) is 17.5 Å². The van der Waals surface area contributed by atoms with Crippen LogP contribution in [-0.2, 0) is 11.2 Å². The molecule has 0 aromatic heterocycles. The lowest BCUT2D eigenvalue weighted by atomic mass is 10.0. The molecule has 0 amide bonds. The maximum atomic E-state index is 10.4. The Morgan fingerprint density at radius 1 is 1.57 bits per heavy atom. The summed E-state index contributed by atoms with van der Waals surface area (Å²) in [5.41, 5.74) is 7.94. The highest BCUT2D eigenvalue weighted by molar-refractivity contribution is 5.67. The van der Waals surface area contributed by atoms with Crippen LogP contribution in [0.2, 0.25) is 0 Å². The number of hydrogen-bond donors (Lipinski definition) is 2. The van der Waals surface area contributed by atoms with E-state index >= 15 is 0 Å². The monoisotopic (exact) mass is 193 g/mol. The fourth-order valence-corrected chi connectivity index (χ4v) is 1.44. The number of benzene rings is 1. The van der Waals surface area contributed by atoms with E-state index in [4.69, 9.17) is 10.8 Å². The Balaban J connectivity index is 2.55. The largest absolute Gasteiger partial charge is 0.481 e. The summed E-state index contributed by atoms with van der Waals surface area (Å²) >= 11 is 0. The molecular weight excluding hydrogens is 178 g/mol. The van der Waals surface area contributed by atoms with Crippen molar-refractivity contribution in [3.8, 4) is 0 Å². The van der Waals surface area contributed by atoms with Gasteiger partial charge in [0.15, 0.2) is 0 Å². The Hall–Kier alpha value is -1.35. The smallest absolute Gasteiger partial charge is 0.304 e. The van der Waals surface area contributed by atoms with Gasteiger partial charge in [0.1, 0.15) is 0 Å². The first-order valence-electron chi connectivity index (χ1n) is 4.61. The van der Waals surface area contributed by atoms with Crippen molar-refractivity contribution in [2.24, 2.45) is 5.73 Å². The first kappa shape index (κ1) is 10.7. The molecule has 0 aliphatic heterocycles. The third-order valence-electron chi connectivity index (χ3n) is 2.02. The van der Waals surface area contributed by atoms with Crippen LogP contribution >= 0.6 is 0 Å². The third-order valence-corrected chi connectivity index (χ3v) is 2.02. The van der Waals surface area contributed by atoms with E-state index in [1.165, 1.54) is 5.56 Å². The summed E-state index contributed by atoms with van der Waals surface area (Å²) in [7, 11) is 0. The molecule has 1 aromatic carbocycles. The minimum atomic E-state index is -0.842. The normalized spacial score (nSPS) is 12.4. The highest BCUT2D eigenvalue weighted by Gasteiger charge is 2.08. The van der Waals surface area contributed by atoms with E-state index in [-0.39, 0.29) is 12.5 Å². The van der Waals surface area contributed by atoms with E-state index in [9.17, 15) is 4.79 Å². The molecule has 3 nitrogen and oxygen atoms in total.